The summed E-state index contributed by atoms with van der Waals surface area (Å²) in [6.07, 6.45) is 4.65. The van der Waals surface area contributed by atoms with Crippen molar-refractivity contribution >= 4 is 12.0 Å². The average Bonchev–Trinajstić information content (AvgIpc) is 3.13. The molecule has 0 aromatic heterocycles. The molecule has 2 saturated heterocycles. The molecule has 0 spiro atoms. The van der Waals surface area contributed by atoms with Crippen LogP contribution in [0, 0.1) is 5.41 Å². The predicted molar refractivity (Wildman–Crippen MR) is 80.2 cm³/mol. The first-order valence-corrected chi connectivity index (χ1v) is 8.06. The van der Waals surface area contributed by atoms with Gasteiger partial charge in [-0.05, 0) is 51.7 Å². The SMILES string of the molecule is CCC1(C(=O)O)CCN(C(=O)NCCCN2CCCC2)C1. The Balaban J connectivity index is 1.68. The molecule has 0 radical (unpaired) electrons. The number of hydrogen-bond acceptors (Lipinski definition) is 3. The summed E-state index contributed by atoms with van der Waals surface area (Å²) in [6, 6.07) is -0.118. The molecule has 2 rings (SSSR count). The molecule has 120 valence electrons. The van der Waals surface area contributed by atoms with Crippen molar-refractivity contribution in [3.8, 4) is 0 Å². The minimum absolute atomic E-state index is 0.118. The van der Waals surface area contributed by atoms with Crippen molar-refractivity contribution in [2.24, 2.45) is 5.41 Å². The molecule has 2 aliphatic rings. The zero-order valence-corrected chi connectivity index (χ0v) is 12.9. The number of urea groups is 1. The molecule has 2 N–H and O–H groups in total. The summed E-state index contributed by atoms with van der Waals surface area (Å²) in [4.78, 5) is 27.5. The van der Waals surface area contributed by atoms with Crippen LogP contribution in [0.15, 0.2) is 0 Å². The average molecular weight is 297 g/mol. The van der Waals surface area contributed by atoms with Gasteiger partial charge in [-0.3, -0.25) is 4.79 Å². The fourth-order valence-electron chi connectivity index (χ4n) is 3.28. The van der Waals surface area contributed by atoms with Crippen LogP contribution < -0.4 is 5.32 Å². The Morgan fingerprint density at radius 2 is 1.95 bits per heavy atom. The first-order valence-electron chi connectivity index (χ1n) is 8.06. The van der Waals surface area contributed by atoms with E-state index in [0.717, 1.165) is 13.0 Å². The van der Waals surface area contributed by atoms with Gasteiger partial charge < -0.3 is 20.2 Å². The van der Waals surface area contributed by atoms with E-state index in [1.165, 1.54) is 25.9 Å². The van der Waals surface area contributed by atoms with Crippen molar-refractivity contribution in [1.82, 2.24) is 15.1 Å². The zero-order valence-electron chi connectivity index (χ0n) is 12.9. The second kappa shape index (κ2) is 7.11. The summed E-state index contributed by atoms with van der Waals surface area (Å²) >= 11 is 0. The summed E-state index contributed by atoms with van der Waals surface area (Å²) in [5.74, 6) is -0.783. The van der Waals surface area contributed by atoms with E-state index in [4.69, 9.17) is 0 Å². The van der Waals surface area contributed by atoms with Crippen LogP contribution in [0.3, 0.4) is 0 Å². The number of likely N-dealkylation sites (tertiary alicyclic amines) is 2. The molecule has 2 fully saturated rings. The van der Waals surface area contributed by atoms with E-state index in [0.29, 0.717) is 32.5 Å². The maximum atomic E-state index is 12.1. The topological polar surface area (TPSA) is 72.9 Å². The minimum atomic E-state index is -0.783. The number of carbonyl (C=O) groups excluding carboxylic acids is 1. The van der Waals surface area contributed by atoms with Gasteiger partial charge >= 0.3 is 12.0 Å². The first-order chi connectivity index (χ1) is 10.1. The van der Waals surface area contributed by atoms with E-state index in [1.807, 2.05) is 6.92 Å². The van der Waals surface area contributed by atoms with Crippen LogP contribution in [0.5, 0.6) is 0 Å². The smallest absolute Gasteiger partial charge is 0.317 e. The maximum absolute atomic E-state index is 12.1. The largest absolute Gasteiger partial charge is 0.481 e. The van der Waals surface area contributed by atoms with Crippen LogP contribution in [-0.4, -0.2) is 66.2 Å². The Hall–Kier alpha value is -1.30. The highest BCUT2D eigenvalue weighted by molar-refractivity contribution is 5.79. The van der Waals surface area contributed by atoms with E-state index in [-0.39, 0.29) is 6.03 Å². The van der Waals surface area contributed by atoms with E-state index in [1.54, 1.807) is 4.90 Å². The van der Waals surface area contributed by atoms with Crippen molar-refractivity contribution < 1.29 is 14.7 Å². The predicted octanol–water partition coefficient (Wildman–Crippen LogP) is 1.37. The number of nitrogens with one attached hydrogen (secondary N) is 1. The fourth-order valence-corrected chi connectivity index (χ4v) is 3.28. The van der Waals surface area contributed by atoms with Crippen molar-refractivity contribution in [3.63, 3.8) is 0 Å². The van der Waals surface area contributed by atoms with E-state index >= 15 is 0 Å². The highest BCUT2D eigenvalue weighted by Gasteiger charge is 2.44. The van der Waals surface area contributed by atoms with Gasteiger partial charge in [-0.15, -0.1) is 0 Å². The Morgan fingerprint density at radius 1 is 1.24 bits per heavy atom. The van der Waals surface area contributed by atoms with Gasteiger partial charge in [0.15, 0.2) is 0 Å². The van der Waals surface area contributed by atoms with Crippen LogP contribution in [0.2, 0.25) is 0 Å². The van der Waals surface area contributed by atoms with Crippen molar-refractivity contribution in [3.05, 3.63) is 0 Å². The third-order valence-electron chi connectivity index (χ3n) is 4.90. The van der Waals surface area contributed by atoms with Gasteiger partial charge in [-0.2, -0.15) is 0 Å². The summed E-state index contributed by atoms with van der Waals surface area (Å²) in [6.45, 7) is 6.81. The molecule has 6 heteroatoms. The second-order valence-corrected chi connectivity index (χ2v) is 6.24. The zero-order chi connectivity index (χ0) is 15.3. The maximum Gasteiger partial charge on any atom is 0.317 e. The Kier molecular flexibility index (Phi) is 5.45. The summed E-state index contributed by atoms with van der Waals surface area (Å²) in [5.41, 5.74) is -0.743. The van der Waals surface area contributed by atoms with Crippen molar-refractivity contribution in [1.29, 1.82) is 0 Å². The number of nitrogens with zero attached hydrogens (tertiary/aromatic N) is 2. The van der Waals surface area contributed by atoms with Gasteiger partial charge in [0, 0.05) is 19.6 Å². The number of aliphatic carboxylic acids is 1. The molecule has 2 aliphatic heterocycles. The van der Waals surface area contributed by atoms with E-state index in [9.17, 15) is 14.7 Å². The Bertz CT molecular complexity index is 382. The molecule has 21 heavy (non-hydrogen) atoms. The van der Waals surface area contributed by atoms with Crippen LogP contribution >= 0.6 is 0 Å². The van der Waals surface area contributed by atoms with Crippen molar-refractivity contribution in [2.75, 3.05) is 39.3 Å². The molecule has 2 heterocycles. The number of carboxylic acid groups (broad SMARTS) is 1. The monoisotopic (exact) mass is 297 g/mol. The quantitative estimate of drug-likeness (QED) is 0.726. The molecular weight excluding hydrogens is 270 g/mol. The number of amides is 2. The molecule has 0 aromatic rings. The molecular formula is C15H27N3O3. The highest BCUT2D eigenvalue weighted by atomic mass is 16.4. The molecule has 0 bridgehead atoms. The molecule has 0 aromatic carbocycles. The number of hydrogen-bond donors (Lipinski definition) is 2. The lowest BCUT2D eigenvalue weighted by molar-refractivity contribution is -0.148. The van der Waals surface area contributed by atoms with Gasteiger partial charge in [-0.1, -0.05) is 6.92 Å². The third kappa shape index (κ3) is 3.87. The third-order valence-corrected chi connectivity index (χ3v) is 4.90. The molecule has 1 unspecified atom stereocenters. The van der Waals surface area contributed by atoms with Gasteiger partial charge in [0.25, 0.3) is 0 Å². The highest BCUT2D eigenvalue weighted by Crippen LogP contribution is 2.34. The van der Waals surface area contributed by atoms with Crippen LogP contribution in [0.25, 0.3) is 0 Å². The normalized spacial score (nSPS) is 26.2. The van der Waals surface area contributed by atoms with Gasteiger partial charge in [0.05, 0.1) is 5.41 Å². The lowest BCUT2D eigenvalue weighted by Gasteiger charge is -2.23. The van der Waals surface area contributed by atoms with Crippen LogP contribution in [-0.2, 0) is 4.79 Å². The van der Waals surface area contributed by atoms with E-state index < -0.39 is 11.4 Å². The fraction of sp³-hybridized carbons (Fsp3) is 0.867. The summed E-state index contributed by atoms with van der Waals surface area (Å²) < 4.78 is 0. The second-order valence-electron chi connectivity index (χ2n) is 6.24. The van der Waals surface area contributed by atoms with Gasteiger partial charge in [-0.25, -0.2) is 4.79 Å². The first kappa shape index (κ1) is 16.1. The van der Waals surface area contributed by atoms with Crippen LogP contribution in [0.1, 0.15) is 39.0 Å². The summed E-state index contributed by atoms with van der Waals surface area (Å²) in [5, 5.41) is 12.3. The molecule has 1 atom stereocenters. The number of carbonyl (C=O) groups is 2. The van der Waals surface area contributed by atoms with Gasteiger partial charge in [0.1, 0.15) is 0 Å². The Labute approximate surface area is 126 Å². The summed E-state index contributed by atoms with van der Waals surface area (Å²) in [7, 11) is 0. The Morgan fingerprint density at radius 3 is 2.52 bits per heavy atom. The van der Waals surface area contributed by atoms with Crippen molar-refractivity contribution in [2.45, 2.75) is 39.0 Å². The molecule has 0 saturated carbocycles. The van der Waals surface area contributed by atoms with Gasteiger partial charge in [0.2, 0.25) is 0 Å². The lowest BCUT2D eigenvalue weighted by atomic mass is 9.84. The minimum Gasteiger partial charge on any atom is -0.481 e. The number of rotatable bonds is 6. The van der Waals surface area contributed by atoms with E-state index in [2.05, 4.69) is 10.2 Å². The number of carboxylic acids is 1. The molecule has 6 nitrogen and oxygen atoms in total. The molecule has 0 aliphatic carbocycles. The standard InChI is InChI=1S/C15H27N3O3/c1-2-15(13(19)20)6-11-18(12-15)14(21)16-7-5-10-17-8-3-4-9-17/h2-12H2,1H3,(H,16,21)(H,19,20). The molecule has 2 amide bonds. The van der Waals surface area contributed by atoms with Crippen LogP contribution in [0.4, 0.5) is 4.79 Å². The lowest BCUT2D eigenvalue weighted by Crippen LogP contribution is -2.42.